The number of pyridine rings is 2. The molecule has 1 aromatic carbocycles. The van der Waals surface area contributed by atoms with Crippen LogP contribution in [0, 0.1) is 12.7 Å². The van der Waals surface area contributed by atoms with Crippen LogP contribution < -0.4 is 20.7 Å². The van der Waals surface area contributed by atoms with E-state index in [1.54, 1.807) is 17.1 Å². The molecule has 1 atom stereocenters. The van der Waals surface area contributed by atoms with Crippen molar-refractivity contribution in [2.24, 2.45) is 0 Å². The molecule has 1 amide bonds. The Balaban J connectivity index is 1.35. The zero-order chi connectivity index (χ0) is 24.1. The molecule has 3 aromatic heterocycles. The number of amides is 1. The van der Waals surface area contributed by atoms with E-state index in [1.807, 2.05) is 32.0 Å². The monoisotopic (exact) mass is 473 g/mol. The lowest BCUT2D eigenvalue weighted by Gasteiger charge is -2.26. The number of benzene rings is 1. The Kier molecular flexibility index (Phi) is 5.01. The van der Waals surface area contributed by atoms with Crippen molar-refractivity contribution in [3.8, 4) is 17.0 Å². The number of rotatable bonds is 3. The number of anilines is 3. The predicted molar refractivity (Wildman–Crippen MR) is 130 cm³/mol. The highest BCUT2D eigenvalue weighted by molar-refractivity contribution is 5.90. The molecule has 10 heteroatoms. The Morgan fingerprint density at radius 3 is 2.89 bits per heavy atom. The molecule has 0 spiro atoms. The van der Waals surface area contributed by atoms with Crippen molar-refractivity contribution in [2.45, 2.75) is 32.9 Å². The zero-order valence-electron chi connectivity index (χ0n) is 19.4. The summed E-state index contributed by atoms with van der Waals surface area (Å²) in [5, 5.41) is 15.4. The number of fused-ring (bicyclic) bond motifs is 3. The minimum Gasteiger partial charge on any atom is -0.474 e. The lowest BCUT2D eigenvalue weighted by atomic mass is 9.98. The van der Waals surface area contributed by atoms with Gasteiger partial charge in [0, 0.05) is 53.6 Å². The minimum atomic E-state index is -0.342. The van der Waals surface area contributed by atoms with Crippen LogP contribution in [0.4, 0.5) is 21.7 Å². The van der Waals surface area contributed by atoms with Gasteiger partial charge in [-0.25, -0.2) is 14.4 Å². The summed E-state index contributed by atoms with van der Waals surface area (Å²) in [5.74, 6) is 1.33. The number of halogens is 1. The number of carbonyl (C=O) groups is 1. The molecule has 2 aliphatic heterocycles. The quantitative estimate of drug-likeness (QED) is 0.418. The van der Waals surface area contributed by atoms with Crippen LogP contribution in [0.5, 0.6) is 5.88 Å². The highest BCUT2D eigenvalue weighted by Crippen LogP contribution is 2.38. The Morgan fingerprint density at radius 1 is 1.11 bits per heavy atom. The number of hydrogen-bond acceptors (Lipinski definition) is 7. The molecule has 0 bridgehead atoms. The van der Waals surface area contributed by atoms with Crippen molar-refractivity contribution < 1.29 is 13.9 Å². The van der Waals surface area contributed by atoms with Gasteiger partial charge in [0.1, 0.15) is 30.5 Å². The summed E-state index contributed by atoms with van der Waals surface area (Å²) in [4.78, 5) is 20.6. The van der Waals surface area contributed by atoms with Gasteiger partial charge in [-0.05, 0) is 43.0 Å². The van der Waals surface area contributed by atoms with Gasteiger partial charge in [-0.3, -0.25) is 9.48 Å². The number of aromatic nitrogens is 4. The van der Waals surface area contributed by atoms with Gasteiger partial charge in [-0.2, -0.15) is 5.10 Å². The summed E-state index contributed by atoms with van der Waals surface area (Å²) in [6.07, 6.45) is 4.00. The van der Waals surface area contributed by atoms with Crippen LogP contribution in [0.15, 0.2) is 36.7 Å². The number of hydrogen-bond donors (Lipinski definition) is 3. The first-order chi connectivity index (χ1) is 16.9. The lowest BCUT2D eigenvalue weighted by molar-refractivity contribution is -0.121. The molecule has 0 saturated heterocycles. The first-order valence-electron chi connectivity index (χ1n) is 11.5. The summed E-state index contributed by atoms with van der Waals surface area (Å²) in [5.41, 5.74) is 3.82. The summed E-state index contributed by atoms with van der Waals surface area (Å²) >= 11 is 0. The number of ether oxygens (including phenoxy) is 1. The maximum atomic E-state index is 15.2. The summed E-state index contributed by atoms with van der Waals surface area (Å²) in [6, 6.07) is 7.23. The first kappa shape index (κ1) is 21.3. The minimum absolute atomic E-state index is 0.0556. The van der Waals surface area contributed by atoms with E-state index in [-0.39, 0.29) is 24.3 Å². The molecule has 2 aliphatic rings. The molecule has 0 radical (unpaired) electrons. The fourth-order valence-corrected chi connectivity index (χ4v) is 4.57. The Morgan fingerprint density at radius 2 is 2.00 bits per heavy atom. The van der Waals surface area contributed by atoms with Gasteiger partial charge in [0.25, 0.3) is 0 Å². The van der Waals surface area contributed by atoms with E-state index in [9.17, 15) is 4.79 Å². The summed E-state index contributed by atoms with van der Waals surface area (Å²) in [7, 11) is 0. The van der Waals surface area contributed by atoms with Crippen LogP contribution in [-0.2, 0) is 17.8 Å². The SMILES string of the molecule is Cc1c(-c2cc3cc(Nc4cc5n(n4)CC(=O)NCC5)ncc3cc2F)cnc2c1N[C@H](C)CO2. The highest BCUT2D eigenvalue weighted by atomic mass is 19.1. The van der Waals surface area contributed by atoms with E-state index < -0.39 is 0 Å². The largest absolute Gasteiger partial charge is 0.474 e. The second kappa shape index (κ2) is 8.23. The van der Waals surface area contributed by atoms with Crippen LogP contribution in [0.25, 0.3) is 21.9 Å². The van der Waals surface area contributed by atoms with Gasteiger partial charge >= 0.3 is 0 Å². The van der Waals surface area contributed by atoms with Crippen LogP contribution in [0.2, 0.25) is 0 Å². The highest BCUT2D eigenvalue weighted by Gasteiger charge is 2.22. The van der Waals surface area contributed by atoms with E-state index in [4.69, 9.17) is 4.74 Å². The van der Waals surface area contributed by atoms with E-state index in [0.29, 0.717) is 53.6 Å². The predicted octanol–water partition coefficient (Wildman–Crippen LogP) is 3.55. The zero-order valence-corrected chi connectivity index (χ0v) is 19.4. The van der Waals surface area contributed by atoms with Crippen molar-refractivity contribution in [1.29, 1.82) is 0 Å². The van der Waals surface area contributed by atoms with Gasteiger partial charge in [-0.1, -0.05) is 0 Å². The molecular weight excluding hydrogens is 449 g/mol. The Bertz CT molecular complexity index is 1480. The third-order valence-corrected chi connectivity index (χ3v) is 6.38. The molecule has 0 saturated carbocycles. The van der Waals surface area contributed by atoms with Crippen molar-refractivity contribution in [3.05, 3.63) is 53.7 Å². The Hall–Kier alpha value is -4.21. The smallest absolute Gasteiger partial charge is 0.241 e. The molecule has 4 aromatic rings. The third kappa shape index (κ3) is 3.90. The third-order valence-electron chi connectivity index (χ3n) is 6.38. The lowest BCUT2D eigenvalue weighted by Crippen LogP contribution is -2.29. The average Bonchev–Trinajstić information content (AvgIpc) is 3.11. The van der Waals surface area contributed by atoms with Gasteiger partial charge < -0.3 is 20.7 Å². The van der Waals surface area contributed by atoms with Gasteiger partial charge in [-0.15, -0.1) is 0 Å². The van der Waals surface area contributed by atoms with E-state index in [0.717, 1.165) is 22.3 Å². The standard InChI is InChI=1S/C25H24FN7O2/c1-13-12-35-25-24(30-13)14(2)19(10-29-25)18-5-15-7-21(28-9-16(15)6-20(18)26)31-22-8-17-3-4-27-23(34)11-33(17)32-22/h5-10,13,30H,3-4,11-12H2,1-2H3,(H,27,34)(H,28,31,32)/t13-/m1/s1. The van der Waals surface area contributed by atoms with Crippen LogP contribution >= 0.6 is 0 Å². The maximum Gasteiger partial charge on any atom is 0.241 e. The molecule has 178 valence electrons. The van der Waals surface area contributed by atoms with Crippen molar-refractivity contribution in [3.63, 3.8) is 0 Å². The summed E-state index contributed by atoms with van der Waals surface area (Å²) < 4.78 is 22.6. The van der Waals surface area contributed by atoms with Crippen molar-refractivity contribution in [2.75, 3.05) is 23.8 Å². The first-order valence-corrected chi connectivity index (χ1v) is 11.5. The fourth-order valence-electron chi connectivity index (χ4n) is 4.57. The van der Waals surface area contributed by atoms with Gasteiger partial charge in [0.15, 0.2) is 5.82 Å². The fraction of sp³-hybridized carbons (Fsp3) is 0.280. The maximum absolute atomic E-state index is 15.2. The molecule has 9 nitrogen and oxygen atoms in total. The number of nitrogens with one attached hydrogen (secondary N) is 3. The molecule has 6 rings (SSSR count). The molecule has 0 unspecified atom stereocenters. The van der Waals surface area contributed by atoms with Crippen LogP contribution in [0.1, 0.15) is 18.2 Å². The average molecular weight is 474 g/mol. The second-order valence-corrected chi connectivity index (χ2v) is 8.99. The van der Waals surface area contributed by atoms with Gasteiger partial charge in [0.05, 0.1) is 6.04 Å². The number of nitrogens with zero attached hydrogens (tertiary/aromatic N) is 4. The molecule has 3 N–H and O–H groups in total. The molecular formula is C25H24FN7O2. The van der Waals surface area contributed by atoms with Crippen LogP contribution in [0.3, 0.4) is 0 Å². The van der Waals surface area contributed by atoms with E-state index in [1.165, 1.54) is 6.07 Å². The summed E-state index contributed by atoms with van der Waals surface area (Å²) in [6.45, 7) is 5.29. The van der Waals surface area contributed by atoms with Crippen LogP contribution in [-0.4, -0.2) is 44.8 Å². The second-order valence-electron chi connectivity index (χ2n) is 8.99. The molecule has 0 fully saturated rings. The topological polar surface area (TPSA) is 106 Å². The van der Waals surface area contributed by atoms with Gasteiger partial charge in [0.2, 0.25) is 11.8 Å². The van der Waals surface area contributed by atoms with E-state index in [2.05, 4.69) is 31.0 Å². The molecule has 35 heavy (non-hydrogen) atoms. The number of carbonyl (C=O) groups excluding carboxylic acids is 1. The molecule has 5 heterocycles. The van der Waals surface area contributed by atoms with E-state index >= 15 is 4.39 Å². The van der Waals surface area contributed by atoms with Crippen molar-refractivity contribution >= 4 is 34.0 Å². The Labute approximate surface area is 200 Å². The molecule has 0 aliphatic carbocycles. The normalized spacial score (nSPS) is 17.0. The van der Waals surface area contributed by atoms with Crippen molar-refractivity contribution in [1.82, 2.24) is 25.1 Å².